The third-order valence-corrected chi connectivity index (χ3v) is 3.83. The molecule has 2 rings (SSSR count). The van der Waals surface area contributed by atoms with Gasteiger partial charge in [0, 0.05) is 18.5 Å². The Bertz CT molecular complexity index is 510. The van der Waals surface area contributed by atoms with Gasteiger partial charge in [0.2, 0.25) is 0 Å². The van der Waals surface area contributed by atoms with E-state index in [0.717, 1.165) is 37.2 Å². The van der Waals surface area contributed by atoms with Crippen LogP contribution in [0.2, 0.25) is 0 Å². The Hall–Kier alpha value is -1.73. The Balaban J connectivity index is 2.05. The zero-order valence-corrected chi connectivity index (χ0v) is 13.1. The molecule has 114 valence electrons. The summed E-state index contributed by atoms with van der Waals surface area (Å²) >= 11 is 0. The molecule has 4 nitrogen and oxygen atoms in total. The number of hydrogen-bond acceptors (Lipinski definition) is 4. The molecular formula is C17H24N2O2. The Morgan fingerprint density at radius 3 is 2.81 bits per heavy atom. The van der Waals surface area contributed by atoms with E-state index in [4.69, 9.17) is 9.47 Å². The van der Waals surface area contributed by atoms with E-state index in [0.29, 0.717) is 6.04 Å². The first-order valence-electron chi connectivity index (χ1n) is 7.56. The van der Waals surface area contributed by atoms with Gasteiger partial charge in [0.25, 0.3) is 0 Å². The molecule has 1 aliphatic carbocycles. The van der Waals surface area contributed by atoms with Crippen molar-refractivity contribution in [3.63, 3.8) is 0 Å². The second-order valence-corrected chi connectivity index (χ2v) is 6.01. The Labute approximate surface area is 127 Å². The average molecular weight is 288 g/mol. The molecule has 1 aromatic carbocycles. The Kier molecular flexibility index (Phi) is 5.08. The van der Waals surface area contributed by atoms with Crippen molar-refractivity contribution in [3.05, 3.63) is 24.3 Å². The minimum atomic E-state index is -0.462. The number of nitrogens with one attached hydrogen (secondary N) is 1. The molecule has 1 saturated carbocycles. The first kappa shape index (κ1) is 15.7. The van der Waals surface area contributed by atoms with Crippen LogP contribution in [-0.2, 0) is 0 Å². The van der Waals surface area contributed by atoms with Crippen LogP contribution in [-0.4, -0.2) is 24.8 Å². The van der Waals surface area contributed by atoms with E-state index in [2.05, 4.69) is 25.2 Å². The lowest BCUT2D eigenvalue weighted by Crippen LogP contribution is -2.52. The van der Waals surface area contributed by atoms with Crippen molar-refractivity contribution in [1.29, 1.82) is 5.26 Å². The first-order chi connectivity index (χ1) is 10.1. The van der Waals surface area contributed by atoms with E-state index < -0.39 is 5.54 Å². The van der Waals surface area contributed by atoms with E-state index >= 15 is 0 Å². The van der Waals surface area contributed by atoms with Gasteiger partial charge in [-0.3, -0.25) is 5.32 Å². The van der Waals surface area contributed by atoms with Gasteiger partial charge in [-0.1, -0.05) is 6.07 Å². The molecule has 0 amide bonds. The van der Waals surface area contributed by atoms with Crippen LogP contribution in [0.3, 0.4) is 0 Å². The van der Waals surface area contributed by atoms with Crippen molar-refractivity contribution < 1.29 is 9.47 Å². The monoisotopic (exact) mass is 288 g/mol. The van der Waals surface area contributed by atoms with Crippen LogP contribution in [0, 0.1) is 11.3 Å². The molecule has 2 atom stereocenters. The van der Waals surface area contributed by atoms with Crippen molar-refractivity contribution >= 4 is 0 Å². The number of ether oxygens (including phenoxy) is 2. The SMILES string of the molecule is COc1cccc(OC2CCCC(C#N)(NC(C)C)C2)c1. The van der Waals surface area contributed by atoms with Gasteiger partial charge < -0.3 is 9.47 Å². The van der Waals surface area contributed by atoms with E-state index in [1.807, 2.05) is 24.3 Å². The van der Waals surface area contributed by atoms with Crippen LogP contribution in [0.1, 0.15) is 39.5 Å². The largest absolute Gasteiger partial charge is 0.497 e. The van der Waals surface area contributed by atoms with Gasteiger partial charge in [0.05, 0.1) is 13.2 Å². The minimum absolute atomic E-state index is 0.0664. The smallest absolute Gasteiger partial charge is 0.123 e. The molecular weight excluding hydrogens is 264 g/mol. The number of nitrogens with zero attached hydrogens (tertiary/aromatic N) is 1. The number of benzene rings is 1. The van der Waals surface area contributed by atoms with Gasteiger partial charge in [-0.15, -0.1) is 0 Å². The molecule has 21 heavy (non-hydrogen) atoms. The predicted octanol–water partition coefficient (Wildman–Crippen LogP) is 3.28. The minimum Gasteiger partial charge on any atom is -0.497 e. The van der Waals surface area contributed by atoms with Gasteiger partial charge in [0.15, 0.2) is 0 Å². The maximum absolute atomic E-state index is 9.57. The molecule has 0 spiro atoms. The normalized spacial score (nSPS) is 25.4. The molecule has 1 aliphatic rings. The van der Waals surface area contributed by atoms with Crippen molar-refractivity contribution in [2.45, 2.75) is 57.2 Å². The molecule has 4 heteroatoms. The lowest BCUT2D eigenvalue weighted by Gasteiger charge is -2.37. The first-order valence-corrected chi connectivity index (χ1v) is 7.56. The third-order valence-electron chi connectivity index (χ3n) is 3.83. The summed E-state index contributed by atoms with van der Waals surface area (Å²) in [5, 5.41) is 13.0. The molecule has 1 aromatic rings. The molecule has 0 saturated heterocycles. The Morgan fingerprint density at radius 2 is 2.14 bits per heavy atom. The lowest BCUT2D eigenvalue weighted by molar-refractivity contribution is 0.109. The summed E-state index contributed by atoms with van der Waals surface area (Å²) in [6, 6.07) is 10.4. The average Bonchev–Trinajstić information content (AvgIpc) is 2.47. The van der Waals surface area contributed by atoms with Crippen LogP contribution in [0.25, 0.3) is 0 Å². The molecule has 0 heterocycles. The summed E-state index contributed by atoms with van der Waals surface area (Å²) in [4.78, 5) is 0. The van der Waals surface area contributed by atoms with Crippen LogP contribution in [0.4, 0.5) is 0 Å². The molecule has 0 bridgehead atoms. The van der Waals surface area contributed by atoms with Crippen molar-refractivity contribution in [3.8, 4) is 17.6 Å². The number of methoxy groups -OCH3 is 1. The zero-order valence-electron chi connectivity index (χ0n) is 13.1. The van der Waals surface area contributed by atoms with E-state index in [-0.39, 0.29) is 6.10 Å². The van der Waals surface area contributed by atoms with Gasteiger partial charge >= 0.3 is 0 Å². The summed E-state index contributed by atoms with van der Waals surface area (Å²) < 4.78 is 11.3. The van der Waals surface area contributed by atoms with E-state index in [9.17, 15) is 5.26 Å². The third kappa shape index (κ3) is 4.12. The van der Waals surface area contributed by atoms with Crippen LogP contribution < -0.4 is 14.8 Å². The highest BCUT2D eigenvalue weighted by Gasteiger charge is 2.37. The quantitative estimate of drug-likeness (QED) is 0.903. The molecule has 0 aliphatic heterocycles. The van der Waals surface area contributed by atoms with Crippen molar-refractivity contribution in [2.75, 3.05) is 7.11 Å². The summed E-state index contributed by atoms with van der Waals surface area (Å²) in [7, 11) is 1.65. The molecule has 0 aromatic heterocycles. The maximum atomic E-state index is 9.57. The summed E-state index contributed by atoms with van der Waals surface area (Å²) in [5.41, 5.74) is -0.462. The Morgan fingerprint density at radius 1 is 1.38 bits per heavy atom. The van der Waals surface area contributed by atoms with Crippen molar-refractivity contribution in [1.82, 2.24) is 5.32 Å². The fraction of sp³-hybridized carbons (Fsp3) is 0.588. The highest BCUT2D eigenvalue weighted by molar-refractivity contribution is 5.33. The van der Waals surface area contributed by atoms with Crippen LogP contribution >= 0.6 is 0 Å². The van der Waals surface area contributed by atoms with Gasteiger partial charge in [-0.2, -0.15) is 5.26 Å². The fourth-order valence-electron chi connectivity index (χ4n) is 3.01. The van der Waals surface area contributed by atoms with Crippen molar-refractivity contribution in [2.24, 2.45) is 0 Å². The molecule has 1 N–H and O–H groups in total. The lowest BCUT2D eigenvalue weighted by atomic mass is 9.80. The van der Waals surface area contributed by atoms with Gasteiger partial charge in [0.1, 0.15) is 23.1 Å². The van der Waals surface area contributed by atoms with Gasteiger partial charge in [-0.05, 0) is 45.2 Å². The molecule has 0 radical (unpaired) electrons. The highest BCUT2D eigenvalue weighted by atomic mass is 16.5. The zero-order chi connectivity index (χ0) is 15.3. The highest BCUT2D eigenvalue weighted by Crippen LogP contribution is 2.32. The number of hydrogen-bond donors (Lipinski definition) is 1. The summed E-state index contributed by atoms with van der Waals surface area (Å²) in [6.45, 7) is 4.15. The fourth-order valence-corrected chi connectivity index (χ4v) is 3.01. The van der Waals surface area contributed by atoms with E-state index in [1.165, 1.54) is 0 Å². The maximum Gasteiger partial charge on any atom is 0.123 e. The van der Waals surface area contributed by atoms with Gasteiger partial charge in [-0.25, -0.2) is 0 Å². The van der Waals surface area contributed by atoms with Crippen LogP contribution in [0.5, 0.6) is 11.5 Å². The van der Waals surface area contributed by atoms with Crippen LogP contribution in [0.15, 0.2) is 24.3 Å². The second-order valence-electron chi connectivity index (χ2n) is 6.01. The summed E-state index contributed by atoms with van der Waals surface area (Å²) in [5.74, 6) is 1.59. The van der Waals surface area contributed by atoms with E-state index in [1.54, 1.807) is 7.11 Å². The predicted molar refractivity (Wildman–Crippen MR) is 82.5 cm³/mol. The number of nitriles is 1. The second kappa shape index (κ2) is 6.82. The molecule has 2 unspecified atom stereocenters. The molecule has 1 fully saturated rings. The number of rotatable bonds is 5. The standard InChI is InChI=1S/C17H24N2O2/c1-13(2)19-17(12-18)9-5-8-16(11-17)21-15-7-4-6-14(10-15)20-3/h4,6-7,10,13,16,19H,5,8-9,11H2,1-3H3. The summed E-state index contributed by atoms with van der Waals surface area (Å²) in [6.07, 6.45) is 3.66. The topological polar surface area (TPSA) is 54.3 Å².